The molecule has 11 heteroatoms. The molecule has 1 N–H and O–H groups in total. The van der Waals surface area contributed by atoms with E-state index in [2.05, 4.69) is 4.90 Å². The minimum absolute atomic E-state index is 0.0300. The van der Waals surface area contributed by atoms with Crippen LogP contribution in [0.2, 0.25) is 10.0 Å². The van der Waals surface area contributed by atoms with Crippen LogP contribution in [0.25, 0.3) is 0 Å². The summed E-state index contributed by atoms with van der Waals surface area (Å²) in [5.74, 6) is -0.757. The van der Waals surface area contributed by atoms with Crippen LogP contribution in [0, 0.1) is 0 Å². The molecule has 2 aliphatic rings. The Morgan fingerprint density at radius 3 is 2.32 bits per heavy atom. The van der Waals surface area contributed by atoms with E-state index in [1.165, 1.54) is 12.1 Å². The molecule has 0 radical (unpaired) electrons. The van der Waals surface area contributed by atoms with E-state index >= 15 is 0 Å². The number of amides is 1. The van der Waals surface area contributed by atoms with E-state index in [0.717, 1.165) is 44.5 Å². The van der Waals surface area contributed by atoms with E-state index in [1.54, 1.807) is 29.2 Å². The van der Waals surface area contributed by atoms with Crippen LogP contribution >= 0.6 is 23.2 Å². The average Bonchev–Trinajstić information content (AvgIpc) is 2.91. The third-order valence-electron chi connectivity index (χ3n) is 7.18. The van der Waals surface area contributed by atoms with Crippen LogP contribution < -0.4 is 4.74 Å². The number of halogens is 2. The van der Waals surface area contributed by atoms with Crippen LogP contribution in [-0.4, -0.2) is 79.3 Å². The maximum atomic E-state index is 13.1. The minimum atomic E-state index is -3.66. The smallest absolute Gasteiger partial charge is 0.303 e. The lowest BCUT2D eigenvalue weighted by Gasteiger charge is -2.41. The van der Waals surface area contributed by atoms with E-state index in [0.29, 0.717) is 34.7 Å². The number of benzene rings is 2. The average molecular weight is 584 g/mol. The van der Waals surface area contributed by atoms with Crippen molar-refractivity contribution >= 4 is 44.9 Å². The summed E-state index contributed by atoms with van der Waals surface area (Å²) in [5.41, 5.74) is 0.336. The zero-order valence-corrected chi connectivity index (χ0v) is 23.3. The Kier molecular flexibility index (Phi) is 9.57. The lowest BCUT2D eigenvalue weighted by Crippen LogP contribution is -2.50. The van der Waals surface area contributed by atoms with Crippen molar-refractivity contribution in [3.8, 4) is 5.75 Å². The number of likely N-dealkylation sites (tertiary alicyclic amines) is 2. The van der Waals surface area contributed by atoms with Crippen molar-refractivity contribution in [3.05, 3.63) is 58.1 Å². The highest BCUT2D eigenvalue weighted by molar-refractivity contribution is 7.91. The first-order valence-corrected chi connectivity index (χ1v) is 15.2. The summed E-state index contributed by atoms with van der Waals surface area (Å²) in [6.45, 7) is 3.07. The highest BCUT2D eigenvalue weighted by Crippen LogP contribution is 2.29. The number of carboxylic acids is 1. The molecule has 2 heterocycles. The normalized spacial score (nSPS) is 17.9. The van der Waals surface area contributed by atoms with E-state index < -0.39 is 15.8 Å². The molecule has 0 unspecified atom stereocenters. The summed E-state index contributed by atoms with van der Waals surface area (Å²) in [6, 6.07) is 11.8. The van der Waals surface area contributed by atoms with Crippen molar-refractivity contribution in [2.24, 2.45) is 0 Å². The van der Waals surface area contributed by atoms with Crippen molar-refractivity contribution in [2.45, 2.75) is 55.6 Å². The number of nitrogens with zero attached hydrogens (tertiary/aromatic N) is 2. The summed E-state index contributed by atoms with van der Waals surface area (Å²) in [5, 5.41) is 9.75. The second kappa shape index (κ2) is 12.7. The summed E-state index contributed by atoms with van der Waals surface area (Å²) in [7, 11) is -3.66. The van der Waals surface area contributed by atoms with Crippen molar-refractivity contribution in [3.63, 3.8) is 0 Å². The molecule has 2 saturated heterocycles. The van der Waals surface area contributed by atoms with Crippen LogP contribution in [0.1, 0.15) is 48.9 Å². The third-order valence-corrected chi connectivity index (χ3v) is 9.72. The Hall–Kier alpha value is -2.33. The Bertz CT molecular complexity index is 1260. The molecule has 0 spiro atoms. The van der Waals surface area contributed by atoms with Gasteiger partial charge in [0.25, 0.3) is 5.91 Å². The topological polar surface area (TPSA) is 104 Å². The largest absolute Gasteiger partial charge is 0.490 e. The highest BCUT2D eigenvalue weighted by Gasteiger charge is 2.31. The number of carbonyl (C=O) groups excluding carboxylic acids is 1. The molecule has 0 bridgehead atoms. The first-order chi connectivity index (χ1) is 18.1. The van der Waals surface area contributed by atoms with Gasteiger partial charge in [0, 0.05) is 50.3 Å². The second-order valence-corrected chi connectivity index (χ2v) is 12.7. The molecular formula is C27H32Cl2N2O6S. The predicted molar refractivity (Wildman–Crippen MR) is 146 cm³/mol. The number of carbonyl (C=O) groups is 2. The molecule has 0 saturated carbocycles. The van der Waals surface area contributed by atoms with Gasteiger partial charge in [0.05, 0.1) is 20.7 Å². The fourth-order valence-electron chi connectivity index (χ4n) is 5.07. The van der Waals surface area contributed by atoms with E-state index in [-0.39, 0.29) is 35.5 Å². The van der Waals surface area contributed by atoms with Gasteiger partial charge < -0.3 is 14.7 Å². The van der Waals surface area contributed by atoms with Gasteiger partial charge in [0.2, 0.25) is 0 Å². The van der Waals surface area contributed by atoms with Gasteiger partial charge in [-0.15, -0.1) is 0 Å². The van der Waals surface area contributed by atoms with Crippen LogP contribution in [0.5, 0.6) is 5.75 Å². The molecule has 2 aromatic carbocycles. The molecule has 4 rings (SSSR count). The maximum Gasteiger partial charge on any atom is 0.303 e. The number of aliphatic carboxylic acids is 1. The number of hydrogen-bond acceptors (Lipinski definition) is 6. The third kappa shape index (κ3) is 7.40. The molecule has 2 aliphatic heterocycles. The monoisotopic (exact) mass is 582 g/mol. The van der Waals surface area contributed by atoms with E-state index in [4.69, 9.17) is 33.0 Å². The number of ether oxygens (including phenoxy) is 1. The van der Waals surface area contributed by atoms with Crippen LogP contribution in [-0.2, 0) is 14.6 Å². The number of sulfone groups is 1. The SMILES string of the molecule is O=C(O)CCCS(=O)(=O)c1cccc(C(=O)N2CCC(N3CCC(Oc4ccc(Cl)c(Cl)c4)CC3)CC2)c1. The fourth-order valence-corrected chi connectivity index (χ4v) is 6.71. The van der Waals surface area contributed by atoms with Gasteiger partial charge in [0.15, 0.2) is 9.84 Å². The Balaban J connectivity index is 1.26. The molecule has 0 aliphatic carbocycles. The molecular weight excluding hydrogens is 551 g/mol. The predicted octanol–water partition coefficient (Wildman–Crippen LogP) is 4.78. The molecule has 2 aromatic rings. The van der Waals surface area contributed by atoms with Crippen LogP contribution in [0.3, 0.4) is 0 Å². The van der Waals surface area contributed by atoms with E-state index in [9.17, 15) is 18.0 Å². The maximum absolute atomic E-state index is 13.1. The van der Waals surface area contributed by atoms with Gasteiger partial charge in [0.1, 0.15) is 11.9 Å². The van der Waals surface area contributed by atoms with Gasteiger partial charge in [-0.2, -0.15) is 0 Å². The van der Waals surface area contributed by atoms with E-state index in [1.807, 2.05) is 6.07 Å². The summed E-state index contributed by atoms with van der Waals surface area (Å²) in [6.07, 6.45) is 3.48. The zero-order chi connectivity index (χ0) is 27.3. The highest BCUT2D eigenvalue weighted by atomic mass is 35.5. The van der Waals surface area contributed by atoms with Gasteiger partial charge in [-0.25, -0.2) is 8.42 Å². The van der Waals surface area contributed by atoms with Crippen LogP contribution in [0.4, 0.5) is 0 Å². The number of rotatable bonds is 9. The number of piperidine rings is 2. The summed E-state index contributed by atoms with van der Waals surface area (Å²) < 4.78 is 31.3. The van der Waals surface area contributed by atoms with Gasteiger partial charge in [-0.3, -0.25) is 14.5 Å². The molecule has 1 amide bonds. The van der Waals surface area contributed by atoms with Crippen molar-refractivity contribution in [2.75, 3.05) is 31.9 Å². The number of hydrogen-bond donors (Lipinski definition) is 1. The lowest BCUT2D eigenvalue weighted by atomic mass is 9.98. The summed E-state index contributed by atoms with van der Waals surface area (Å²) in [4.78, 5) is 28.1. The first kappa shape index (κ1) is 28.7. The first-order valence-electron chi connectivity index (χ1n) is 12.8. The molecule has 38 heavy (non-hydrogen) atoms. The van der Waals surface area contributed by atoms with Crippen molar-refractivity contribution in [1.82, 2.24) is 9.80 Å². The Morgan fingerprint density at radius 2 is 1.66 bits per heavy atom. The zero-order valence-electron chi connectivity index (χ0n) is 21.0. The second-order valence-electron chi connectivity index (χ2n) is 9.80. The molecule has 206 valence electrons. The molecule has 2 fully saturated rings. The van der Waals surface area contributed by atoms with Crippen molar-refractivity contribution in [1.29, 1.82) is 0 Å². The van der Waals surface area contributed by atoms with Gasteiger partial charge in [-0.05, 0) is 62.4 Å². The Labute approximate surface area is 233 Å². The summed E-state index contributed by atoms with van der Waals surface area (Å²) >= 11 is 12.1. The Morgan fingerprint density at radius 1 is 0.947 bits per heavy atom. The van der Waals surface area contributed by atoms with Gasteiger partial charge >= 0.3 is 5.97 Å². The molecule has 0 atom stereocenters. The fraction of sp³-hybridized carbons (Fsp3) is 0.481. The van der Waals surface area contributed by atoms with Crippen LogP contribution in [0.15, 0.2) is 47.4 Å². The number of carboxylic acid groups (broad SMARTS) is 1. The quantitative estimate of drug-likeness (QED) is 0.453. The lowest BCUT2D eigenvalue weighted by molar-refractivity contribution is -0.137. The standard InChI is InChI=1S/C27H32Cl2N2O6S/c28-24-7-6-22(18-25(24)29)37-21-10-14-30(15-11-21)20-8-12-31(13-9-20)27(34)19-3-1-4-23(17-19)38(35,36)16-2-5-26(32)33/h1,3-4,6-7,17-18,20-21H,2,5,8-16H2,(H,32,33). The molecule has 8 nitrogen and oxygen atoms in total. The van der Waals surface area contributed by atoms with Gasteiger partial charge in [-0.1, -0.05) is 29.3 Å². The minimum Gasteiger partial charge on any atom is -0.490 e. The molecule has 0 aromatic heterocycles. The van der Waals surface area contributed by atoms with Crippen molar-refractivity contribution < 1.29 is 27.9 Å².